The van der Waals surface area contributed by atoms with E-state index in [9.17, 15) is 9.90 Å². The zero-order valence-corrected chi connectivity index (χ0v) is 15.6. The summed E-state index contributed by atoms with van der Waals surface area (Å²) in [5.41, 5.74) is 1.55. The van der Waals surface area contributed by atoms with Gasteiger partial charge in [-0.3, -0.25) is 9.67 Å². The van der Waals surface area contributed by atoms with Crippen molar-refractivity contribution >= 4 is 40.0 Å². The van der Waals surface area contributed by atoms with Gasteiger partial charge in [-0.15, -0.1) is 0 Å². The molecule has 1 fully saturated rings. The first-order valence-electron chi connectivity index (χ1n) is 9.22. The Morgan fingerprint density at radius 1 is 1.30 bits per heavy atom. The van der Waals surface area contributed by atoms with E-state index in [2.05, 4.69) is 10.3 Å². The predicted octanol–water partition coefficient (Wildman–Crippen LogP) is 5.11. The molecule has 1 aliphatic rings. The maximum atomic E-state index is 11.5. The highest BCUT2D eigenvalue weighted by atomic mass is 35.5. The third-order valence-electron chi connectivity index (χ3n) is 5.24. The van der Waals surface area contributed by atoms with Gasteiger partial charge in [-0.2, -0.15) is 5.10 Å². The number of carbonyl (C=O) groups is 1. The van der Waals surface area contributed by atoms with Gasteiger partial charge in [0.05, 0.1) is 23.0 Å². The highest BCUT2D eigenvalue weighted by Gasteiger charge is 2.18. The lowest BCUT2D eigenvalue weighted by molar-refractivity contribution is 0.0698. The Morgan fingerprint density at radius 3 is 2.89 bits per heavy atom. The number of carboxylic acids is 1. The number of benzene rings is 1. The number of hydrogen-bond acceptors (Lipinski definition) is 4. The Balaban J connectivity index is 1.67. The van der Waals surface area contributed by atoms with E-state index in [0.717, 1.165) is 29.8 Å². The number of carboxylic acid groups (broad SMARTS) is 1. The van der Waals surface area contributed by atoms with Crippen molar-refractivity contribution in [2.24, 2.45) is 5.92 Å². The lowest BCUT2D eigenvalue weighted by Crippen LogP contribution is -2.06. The van der Waals surface area contributed by atoms with Gasteiger partial charge < -0.3 is 10.4 Å². The lowest BCUT2D eigenvalue weighted by atomic mass is 10.0. The van der Waals surface area contributed by atoms with Crippen molar-refractivity contribution in [3.05, 3.63) is 47.2 Å². The fraction of sp³-hybridized carbons (Fsp3) is 0.350. The molecule has 6 nitrogen and oxygen atoms in total. The van der Waals surface area contributed by atoms with E-state index >= 15 is 0 Å². The van der Waals surface area contributed by atoms with Gasteiger partial charge >= 0.3 is 5.97 Å². The summed E-state index contributed by atoms with van der Waals surface area (Å²) in [4.78, 5) is 15.5. The maximum Gasteiger partial charge on any atom is 0.337 e. The third-order valence-corrected chi connectivity index (χ3v) is 5.48. The number of nitrogens with zero attached hydrogens (tertiary/aromatic N) is 3. The molecule has 1 aliphatic carbocycles. The third kappa shape index (κ3) is 3.76. The first-order chi connectivity index (χ1) is 13.1. The number of hydrogen-bond donors (Lipinski definition) is 2. The number of aromatic nitrogens is 3. The molecule has 2 heterocycles. The van der Waals surface area contributed by atoms with E-state index in [1.165, 1.54) is 44.1 Å². The second-order valence-corrected chi connectivity index (χ2v) is 7.46. The van der Waals surface area contributed by atoms with E-state index in [4.69, 9.17) is 16.7 Å². The summed E-state index contributed by atoms with van der Waals surface area (Å²) in [7, 11) is 0. The zero-order chi connectivity index (χ0) is 18.8. The average molecular weight is 385 g/mol. The molecule has 2 N–H and O–H groups in total. The van der Waals surface area contributed by atoms with Crippen LogP contribution in [0.3, 0.4) is 0 Å². The Bertz CT molecular complexity index is 979. The molecule has 2 aromatic heterocycles. The number of halogens is 1. The number of fused-ring (bicyclic) bond motifs is 1. The predicted molar refractivity (Wildman–Crippen MR) is 106 cm³/mol. The summed E-state index contributed by atoms with van der Waals surface area (Å²) >= 11 is 6.19. The molecule has 0 atom stereocenters. The first-order valence-corrected chi connectivity index (χ1v) is 9.60. The number of aryl methyl sites for hydroxylation is 1. The monoisotopic (exact) mass is 384 g/mol. The molecule has 0 unspecified atom stereocenters. The van der Waals surface area contributed by atoms with Crippen LogP contribution in [0.25, 0.3) is 10.9 Å². The van der Waals surface area contributed by atoms with Gasteiger partial charge in [-0.25, -0.2) is 4.79 Å². The number of aromatic carboxylic acids is 1. The standard InChI is InChI=1S/C20H21ClN4O2/c21-14-5-6-18-16(11-14)19(23-17-12-22-9-7-15(17)20(26)27)24-25(18)10-8-13-3-1-2-4-13/h5-7,9,11-13H,1-4,8,10H2,(H,23,24)(H,26,27). The Kier molecular flexibility index (Phi) is 4.99. The van der Waals surface area contributed by atoms with Crippen LogP contribution in [0.15, 0.2) is 36.7 Å². The second-order valence-electron chi connectivity index (χ2n) is 7.02. The molecule has 0 spiro atoms. The highest BCUT2D eigenvalue weighted by molar-refractivity contribution is 6.31. The van der Waals surface area contributed by atoms with Crippen LogP contribution in [0.5, 0.6) is 0 Å². The molecule has 0 aliphatic heterocycles. The summed E-state index contributed by atoms with van der Waals surface area (Å²) < 4.78 is 1.99. The Morgan fingerprint density at radius 2 is 2.11 bits per heavy atom. The first kappa shape index (κ1) is 17.8. The van der Waals surface area contributed by atoms with Crippen molar-refractivity contribution in [1.82, 2.24) is 14.8 Å². The summed E-state index contributed by atoms with van der Waals surface area (Å²) in [6.45, 7) is 0.837. The fourth-order valence-corrected chi connectivity index (χ4v) is 4.00. The molecule has 3 aromatic rings. The SMILES string of the molecule is O=C(O)c1ccncc1Nc1nn(CCC2CCCC2)c2ccc(Cl)cc12. The minimum atomic E-state index is -1.01. The number of anilines is 2. The summed E-state index contributed by atoms with van der Waals surface area (Å²) in [5.74, 6) is 0.349. The molecule has 140 valence electrons. The van der Waals surface area contributed by atoms with Gasteiger partial charge in [0, 0.05) is 23.2 Å². The highest BCUT2D eigenvalue weighted by Crippen LogP contribution is 2.32. The number of pyridine rings is 1. The minimum Gasteiger partial charge on any atom is -0.478 e. The Labute approximate surface area is 162 Å². The van der Waals surface area contributed by atoms with Crippen LogP contribution in [0.4, 0.5) is 11.5 Å². The van der Waals surface area contributed by atoms with Crippen LogP contribution in [0, 0.1) is 5.92 Å². The molecule has 4 rings (SSSR count). The van der Waals surface area contributed by atoms with Crippen molar-refractivity contribution in [3.63, 3.8) is 0 Å². The van der Waals surface area contributed by atoms with Gasteiger partial charge in [-0.05, 0) is 36.6 Å². The quantitative estimate of drug-likeness (QED) is 0.617. The van der Waals surface area contributed by atoms with Crippen LogP contribution < -0.4 is 5.32 Å². The van der Waals surface area contributed by atoms with E-state index in [1.807, 2.05) is 22.9 Å². The maximum absolute atomic E-state index is 11.5. The zero-order valence-electron chi connectivity index (χ0n) is 14.9. The minimum absolute atomic E-state index is 0.153. The molecule has 1 aromatic carbocycles. The largest absolute Gasteiger partial charge is 0.478 e. The van der Waals surface area contributed by atoms with E-state index in [1.54, 1.807) is 0 Å². The van der Waals surface area contributed by atoms with E-state index in [-0.39, 0.29) is 5.56 Å². The van der Waals surface area contributed by atoms with Crippen LogP contribution in [0.1, 0.15) is 42.5 Å². The number of nitrogens with one attached hydrogen (secondary N) is 1. The fourth-order valence-electron chi connectivity index (χ4n) is 3.83. The van der Waals surface area contributed by atoms with Crippen LogP contribution in [0.2, 0.25) is 5.02 Å². The summed E-state index contributed by atoms with van der Waals surface area (Å²) in [6, 6.07) is 7.14. The topological polar surface area (TPSA) is 80.0 Å². The van der Waals surface area contributed by atoms with Crippen LogP contribution >= 0.6 is 11.6 Å². The van der Waals surface area contributed by atoms with Crippen LogP contribution in [-0.2, 0) is 6.54 Å². The average Bonchev–Trinajstić information content (AvgIpc) is 3.28. The second kappa shape index (κ2) is 7.56. The Hall–Kier alpha value is -2.60. The van der Waals surface area contributed by atoms with Gasteiger partial charge in [0.2, 0.25) is 0 Å². The molecule has 0 radical (unpaired) electrons. The molecular weight excluding hydrogens is 364 g/mol. The smallest absolute Gasteiger partial charge is 0.337 e. The van der Waals surface area contributed by atoms with Crippen molar-refractivity contribution in [2.75, 3.05) is 5.32 Å². The molecule has 0 bridgehead atoms. The summed E-state index contributed by atoms with van der Waals surface area (Å²) in [6.07, 6.45) is 9.31. The normalized spacial score (nSPS) is 14.7. The molecule has 1 saturated carbocycles. The van der Waals surface area contributed by atoms with Crippen molar-refractivity contribution in [1.29, 1.82) is 0 Å². The lowest BCUT2D eigenvalue weighted by Gasteiger charge is -2.09. The van der Waals surface area contributed by atoms with Crippen LogP contribution in [-0.4, -0.2) is 25.8 Å². The van der Waals surface area contributed by atoms with Gasteiger partial charge in [0.15, 0.2) is 5.82 Å². The molecule has 7 heteroatoms. The summed E-state index contributed by atoms with van der Waals surface area (Å²) in [5, 5.41) is 18.7. The van der Waals surface area contributed by atoms with E-state index < -0.39 is 5.97 Å². The molecule has 0 saturated heterocycles. The molecule has 27 heavy (non-hydrogen) atoms. The van der Waals surface area contributed by atoms with E-state index in [0.29, 0.717) is 16.5 Å². The number of rotatable bonds is 6. The molecular formula is C20H21ClN4O2. The molecule has 0 amide bonds. The van der Waals surface area contributed by atoms with Crippen molar-refractivity contribution in [3.8, 4) is 0 Å². The van der Waals surface area contributed by atoms with Gasteiger partial charge in [0.25, 0.3) is 0 Å². The van der Waals surface area contributed by atoms with Crippen molar-refractivity contribution < 1.29 is 9.90 Å². The van der Waals surface area contributed by atoms with Gasteiger partial charge in [0.1, 0.15) is 0 Å². The van der Waals surface area contributed by atoms with Crippen molar-refractivity contribution in [2.45, 2.75) is 38.6 Å². The van der Waals surface area contributed by atoms with Gasteiger partial charge in [-0.1, -0.05) is 37.3 Å².